The second kappa shape index (κ2) is 10.5. The largest absolute Gasteiger partial charge is 0.344 e. The van der Waals surface area contributed by atoms with Crippen LogP contribution in [0.25, 0.3) is 0 Å². The number of carbonyl (C=O) groups excluding carboxylic acids is 3. The predicted octanol–water partition coefficient (Wildman–Crippen LogP) is 5.71. The van der Waals surface area contributed by atoms with E-state index in [4.69, 9.17) is 4.84 Å². The molecule has 0 unspecified atom stereocenters. The van der Waals surface area contributed by atoms with Crippen LogP contribution < -0.4 is 4.90 Å². The number of rotatable bonds is 8. The van der Waals surface area contributed by atoms with Gasteiger partial charge in [0.25, 0.3) is 11.8 Å². The summed E-state index contributed by atoms with van der Waals surface area (Å²) >= 11 is 0. The number of hydrogen-bond acceptors (Lipinski definition) is 5. The van der Waals surface area contributed by atoms with E-state index in [1.165, 1.54) is 33.9 Å². The molecular formula is C33H38N3O4+. The minimum atomic E-state index is -0.550. The van der Waals surface area contributed by atoms with Crippen molar-refractivity contribution in [3.63, 3.8) is 0 Å². The van der Waals surface area contributed by atoms with Gasteiger partial charge in [0, 0.05) is 60.3 Å². The number of amides is 2. The zero-order chi connectivity index (χ0) is 28.7. The molecule has 0 aromatic heterocycles. The van der Waals surface area contributed by atoms with Crippen molar-refractivity contribution < 1.29 is 23.8 Å². The zero-order valence-electron chi connectivity index (χ0n) is 24.1. The Labute approximate surface area is 236 Å². The third-order valence-corrected chi connectivity index (χ3v) is 8.46. The maximum Gasteiger partial charge on any atom is 0.333 e. The number of imide groups is 1. The molecule has 208 valence electrons. The smallest absolute Gasteiger partial charge is 0.333 e. The molecule has 0 saturated carbocycles. The maximum atomic E-state index is 12.3. The first kappa shape index (κ1) is 27.6. The molecule has 7 nitrogen and oxygen atoms in total. The van der Waals surface area contributed by atoms with Crippen LogP contribution in [0.5, 0.6) is 0 Å². The van der Waals surface area contributed by atoms with Crippen LogP contribution in [-0.2, 0) is 30.1 Å². The Kier molecular flexibility index (Phi) is 7.25. The Morgan fingerprint density at radius 3 is 2.27 bits per heavy atom. The number of fused-ring (bicyclic) bond motifs is 2. The van der Waals surface area contributed by atoms with E-state index in [0.717, 1.165) is 13.0 Å². The SMILES string of the molecule is C[N+]1=C(/C=C/C=C2/N(CCCCC(=O)ON3C(=O)CCC3=O)c3ccccc3C2(C)C)C(C)(C)c2ccccc21. The first-order chi connectivity index (χ1) is 19.0. The number of nitrogens with zero attached hydrogens (tertiary/aromatic N) is 3. The average molecular weight is 541 g/mol. The van der Waals surface area contributed by atoms with E-state index in [1.54, 1.807) is 0 Å². The van der Waals surface area contributed by atoms with E-state index in [1.807, 2.05) is 0 Å². The van der Waals surface area contributed by atoms with Crippen LogP contribution in [0.1, 0.15) is 70.9 Å². The van der Waals surface area contributed by atoms with Gasteiger partial charge in [0.15, 0.2) is 5.71 Å². The number of hydroxylamine groups is 2. The van der Waals surface area contributed by atoms with Crippen LogP contribution in [0.2, 0.25) is 0 Å². The fourth-order valence-electron chi connectivity index (χ4n) is 6.26. The zero-order valence-corrected chi connectivity index (χ0v) is 24.1. The molecule has 2 aromatic carbocycles. The molecule has 0 aliphatic carbocycles. The Balaban J connectivity index is 1.31. The predicted molar refractivity (Wildman–Crippen MR) is 155 cm³/mol. The van der Waals surface area contributed by atoms with Crippen molar-refractivity contribution in [1.29, 1.82) is 0 Å². The molecule has 0 N–H and O–H groups in total. The molecule has 5 rings (SSSR count). The molecule has 40 heavy (non-hydrogen) atoms. The third-order valence-electron chi connectivity index (χ3n) is 8.46. The highest BCUT2D eigenvalue weighted by atomic mass is 16.7. The average Bonchev–Trinajstić information content (AvgIpc) is 3.43. The van der Waals surface area contributed by atoms with Gasteiger partial charge in [0.05, 0.1) is 5.41 Å². The van der Waals surface area contributed by atoms with E-state index >= 15 is 0 Å². The molecule has 2 aromatic rings. The van der Waals surface area contributed by atoms with Gasteiger partial charge in [-0.2, -0.15) is 4.58 Å². The van der Waals surface area contributed by atoms with E-state index in [9.17, 15) is 14.4 Å². The quantitative estimate of drug-likeness (QED) is 0.244. The van der Waals surface area contributed by atoms with Crippen LogP contribution >= 0.6 is 0 Å². The molecule has 3 aliphatic heterocycles. The van der Waals surface area contributed by atoms with E-state index in [-0.39, 0.29) is 30.1 Å². The van der Waals surface area contributed by atoms with Crippen molar-refractivity contribution >= 4 is 34.9 Å². The van der Waals surface area contributed by atoms with E-state index in [0.29, 0.717) is 11.5 Å². The van der Waals surface area contributed by atoms with Gasteiger partial charge in [-0.3, -0.25) is 9.59 Å². The molecule has 1 fully saturated rings. The fraction of sp³-hybridized carbons (Fsp3) is 0.394. The molecule has 0 atom stereocenters. The minimum Gasteiger partial charge on any atom is -0.344 e. The molecule has 0 bridgehead atoms. The van der Waals surface area contributed by atoms with Crippen molar-refractivity contribution in [3.8, 4) is 0 Å². The Morgan fingerprint density at radius 1 is 0.925 bits per heavy atom. The standard InChI is InChI=1S/C33H38N3O4/c1-32(2)23-13-6-8-15-25(23)34(5)27(32)17-12-18-28-33(3,4)24-14-7-9-16-26(24)35(28)22-11-10-19-31(39)40-36-29(37)20-21-30(36)38/h6-9,12-18H,10-11,19-22H2,1-5H3/q+1. The molecule has 3 aliphatic rings. The lowest BCUT2D eigenvalue weighted by atomic mass is 9.81. The van der Waals surface area contributed by atoms with Crippen molar-refractivity contribution in [1.82, 2.24) is 5.06 Å². The Bertz CT molecular complexity index is 1450. The van der Waals surface area contributed by atoms with Crippen molar-refractivity contribution in [3.05, 3.63) is 83.6 Å². The third kappa shape index (κ3) is 4.78. The number of para-hydroxylation sites is 2. The summed E-state index contributed by atoms with van der Waals surface area (Å²) in [5.41, 5.74) is 7.22. The Hall–Kier alpha value is -4.00. The monoisotopic (exact) mass is 540 g/mol. The molecule has 3 heterocycles. The van der Waals surface area contributed by atoms with Gasteiger partial charge < -0.3 is 9.74 Å². The first-order valence-electron chi connectivity index (χ1n) is 14.1. The molecule has 2 amide bonds. The second-order valence-electron chi connectivity index (χ2n) is 11.8. The molecule has 1 saturated heterocycles. The van der Waals surface area contributed by atoms with E-state index < -0.39 is 17.8 Å². The summed E-state index contributed by atoms with van der Waals surface area (Å²) < 4.78 is 2.28. The van der Waals surface area contributed by atoms with Crippen LogP contribution in [0, 0.1) is 0 Å². The first-order valence-corrected chi connectivity index (χ1v) is 14.1. The molecule has 0 spiro atoms. The lowest BCUT2D eigenvalue weighted by Crippen LogP contribution is -2.32. The fourth-order valence-corrected chi connectivity index (χ4v) is 6.26. The molecule has 7 heteroatoms. The molecular weight excluding hydrogens is 502 g/mol. The topological polar surface area (TPSA) is 69.9 Å². The van der Waals surface area contributed by atoms with E-state index in [2.05, 4.69) is 111 Å². The second-order valence-corrected chi connectivity index (χ2v) is 11.8. The summed E-state index contributed by atoms with van der Waals surface area (Å²) in [6.45, 7) is 9.78. The van der Waals surface area contributed by atoms with Crippen LogP contribution in [0.4, 0.5) is 11.4 Å². The van der Waals surface area contributed by atoms with Gasteiger partial charge in [-0.1, -0.05) is 56.3 Å². The summed E-state index contributed by atoms with van der Waals surface area (Å²) in [5.74, 6) is -1.46. The van der Waals surface area contributed by atoms with Crippen molar-refractivity contribution in [2.24, 2.45) is 0 Å². The van der Waals surface area contributed by atoms with Crippen LogP contribution in [-0.4, -0.2) is 46.7 Å². The number of benzene rings is 2. The number of unbranched alkanes of at least 4 members (excludes halogenated alkanes) is 1. The summed E-state index contributed by atoms with van der Waals surface area (Å²) in [6, 6.07) is 17.0. The van der Waals surface area contributed by atoms with Crippen molar-refractivity contribution in [2.75, 3.05) is 18.5 Å². The lowest BCUT2D eigenvalue weighted by molar-refractivity contribution is -0.401. The highest BCUT2D eigenvalue weighted by molar-refractivity contribution is 6.03. The summed E-state index contributed by atoms with van der Waals surface area (Å²) in [6.07, 6.45) is 8.29. The number of anilines is 1. The van der Waals surface area contributed by atoms with Crippen molar-refractivity contribution in [2.45, 2.75) is 70.6 Å². The molecule has 0 radical (unpaired) electrons. The lowest BCUT2D eigenvalue weighted by Gasteiger charge is -2.27. The van der Waals surface area contributed by atoms with Gasteiger partial charge in [-0.05, 0) is 44.4 Å². The van der Waals surface area contributed by atoms with Gasteiger partial charge in [-0.25, -0.2) is 4.79 Å². The highest BCUT2D eigenvalue weighted by Gasteiger charge is 2.43. The number of allylic oxidation sites excluding steroid dienone is 4. The van der Waals surface area contributed by atoms with Gasteiger partial charge in [0.2, 0.25) is 5.69 Å². The van der Waals surface area contributed by atoms with Gasteiger partial charge in [-0.15, -0.1) is 5.06 Å². The summed E-state index contributed by atoms with van der Waals surface area (Å²) in [7, 11) is 2.13. The number of carbonyl (C=O) groups is 3. The van der Waals surface area contributed by atoms with Gasteiger partial charge >= 0.3 is 5.97 Å². The van der Waals surface area contributed by atoms with Crippen LogP contribution in [0.15, 0.2) is 72.5 Å². The van der Waals surface area contributed by atoms with Gasteiger partial charge in [0.1, 0.15) is 7.05 Å². The Morgan fingerprint density at radius 2 is 1.57 bits per heavy atom. The normalized spacial score (nSPS) is 20.2. The summed E-state index contributed by atoms with van der Waals surface area (Å²) in [5, 5.41) is 0.619. The summed E-state index contributed by atoms with van der Waals surface area (Å²) in [4.78, 5) is 43.1. The highest BCUT2D eigenvalue weighted by Crippen LogP contribution is 2.47. The van der Waals surface area contributed by atoms with Crippen LogP contribution in [0.3, 0.4) is 0 Å². The maximum absolute atomic E-state index is 12.3. The number of hydrogen-bond donors (Lipinski definition) is 0. The minimum absolute atomic E-state index is 0.0902.